The van der Waals surface area contributed by atoms with Gasteiger partial charge in [-0.1, -0.05) is 113 Å². The van der Waals surface area contributed by atoms with Crippen molar-refractivity contribution in [1.29, 1.82) is 0 Å². The lowest BCUT2D eigenvalue weighted by molar-refractivity contribution is -0.132. The first-order chi connectivity index (χ1) is 32.1. The first kappa shape index (κ1) is 88.2. The van der Waals surface area contributed by atoms with Crippen molar-refractivity contribution >= 4 is 5.97 Å². The Morgan fingerprint density at radius 2 is 0.357 bits per heavy atom. The zero-order chi connectivity index (χ0) is 57.7. The molecule has 0 heterocycles. The highest BCUT2D eigenvalue weighted by molar-refractivity contribution is 5.84. The van der Waals surface area contributed by atoms with Gasteiger partial charge < -0.3 is 86.8 Å². The van der Waals surface area contributed by atoms with Gasteiger partial charge in [-0.2, -0.15) is 0 Å². The first-order valence-corrected chi connectivity index (χ1v) is 25.9. The summed E-state index contributed by atoms with van der Waals surface area (Å²) in [6, 6.07) is 0. The van der Waals surface area contributed by atoms with Gasteiger partial charge in [0.25, 0.3) is 0 Å². The molecule has 0 aliphatic carbocycles. The standard InChI is InChI=1S/8C6H14O2.C4H6O2/c8*1-3-4-6(8)5(2)7;1-3(2)4(5)6/h8*5-8H,3-4H2,1-2H3;1H2,2H3,(H,5,6). The number of rotatable bonds is 25. The molecule has 70 heavy (non-hydrogen) atoms. The molecular formula is C52H118O18. The van der Waals surface area contributed by atoms with Crippen LogP contribution in [0.15, 0.2) is 12.2 Å². The van der Waals surface area contributed by atoms with Gasteiger partial charge in [-0.25, -0.2) is 4.79 Å². The zero-order valence-electron chi connectivity index (χ0n) is 47.3. The Balaban J connectivity index is -0.0000000855. The van der Waals surface area contributed by atoms with Crippen molar-refractivity contribution in [2.24, 2.45) is 0 Å². The van der Waals surface area contributed by atoms with Crippen LogP contribution in [0.2, 0.25) is 0 Å². The predicted molar refractivity (Wildman–Crippen MR) is 283 cm³/mol. The van der Waals surface area contributed by atoms with E-state index in [2.05, 4.69) is 6.58 Å². The second-order valence-electron chi connectivity index (χ2n) is 17.9. The topological polar surface area (TPSA) is 361 Å². The van der Waals surface area contributed by atoms with E-state index in [1.54, 1.807) is 55.4 Å². The molecule has 0 bridgehead atoms. The fourth-order valence-corrected chi connectivity index (χ4v) is 4.30. The molecule has 0 saturated heterocycles. The number of carbonyl (C=O) groups is 1. The van der Waals surface area contributed by atoms with Crippen LogP contribution < -0.4 is 0 Å². The average Bonchev–Trinajstić information content (AvgIpc) is 3.26. The molecule has 0 radical (unpaired) electrons. The number of hydrogen-bond acceptors (Lipinski definition) is 17. The molecule has 0 aromatic heterocycles. The lowest BCUT2D eigenvalue weighted by Crippen LogP contribution is -2.21. The minimum Gasteiger partial charge on any atom is -0.478 e. The molecule has 0 amide bonds. The van der Waals surface area contributed by atoms with Crippen LogP contribution in [0, 0.1) is 0 Å². The van der Waals surface area contributed by atoms with E-state index in [-0.39, 0.29) is 5.57 Å². The van der Waals surface area contributed by atoms with Crippen molar-refractivity contribution in [3.8, 4) is 0 Å². The lowest BCUT2D eigenvalue weighted by Gasteiger charge is -2.10. The van der Waals surface area contributed by atoms with Crippen LogP contribution in [0.3, 0.4) is 0 Å². The molecule has 0 aromatic carbocycles. The SMILES string of the molecule is C=C(C)C(=O)O.CCCC(O)C(C)O.CCCC(O)C(C)O.CCCC(O)C(C)O.CCCC(O)C(C)O.CCCC(O)C(C)O.CCCC(O)C(C)O.CCCC(O)C(C)O.CCCC(O)C(C)O. The summed E-state index contributed by atoms with van der Waals surface area (Å²) in [7, 11) is 0. The van der Waals surface area contributed by atoms with Crippen molar-refractivity contribution in [1.82, 2.24) is 0 Å². The molecule has 18 heteroatoms. The van der Waals surface area contributed by atoms with Gasteiger partial charge in [0.15, 0.2) is 0 Å². The molecule has 0 saturated carbocycles. The summed E-state index contributed by atoms with van der Waals surface area (Å²) in [6.07, 6.45) is 4.10. The normalized spacial score (nSPS) is 17.1. The highest BCUT2D eigenvalue weighted by atomic mass is 16.4. The van der Waals surface area contributed by atoms with Crippen LogP contribution in [0.4, 0.5) is 0 Å². The van der Waals surface area contributed by atoms with Gasteiger partial charge in [-0.15, -0.1) is 0 Å². The Bertz CT molecular complexity index is 779. The van der Waals surface area contributed by atoms with E-state index >= 15 is 0 Å². The van der Waals surface area contributed by atoms with Crippen molar-refractivity contribution in [3.63, 3.8) is 0 Å². The van der Waals surface area contributed by atoms with Crippen LogP contribution in [-0.4, -0.2) is 190 Å². The van der Waals surface area contributed by atoms with Crippen LogP contribution in [0.25, 0.3) is 0 Å². The summed E-state index contributed by atoms with van der Waals surface area (Å²) in [6.45, 7) is 33.2. The molecule has 0 fully saturated rings. The van der Waals surface area contributed by atoms with E-state index in [9.17, 15) is 4.79 Å². The summed E-state index contributed by atoms with van der Waals surface area (Å²) >= 11 is 0. The summed E-state index contributed by atoms with van der Waals surface area (Å²) in [5, 5.41) is 149. The third-order valence-electron chi connectivity index (χ3n) is 9.50. The molecule has 17 N–H and O–H groups in total. The first-order valence-electron chi connectivity index (χ1n) is 25.9. The number of aliphatic hydroxyl groups is 16. The van der Waals surface area contributed by atoms with Gasteiger partial charge in [0.2, 0.25) is 0 Å². The quantitative estimate of drug-likeness (QED) is 0.0542. The van der Waals surface area contributed by atoms with E-state index in [0.29, 0.717) is 51.4 Å². The molecule has 16 atom stereocenters. The molecule has 434 valence electrons. The number of aliphatic carboxylic acids is 1. The van der Waals surface area contributed by atoms with Gasteiger partial charge in [0, 0.05) is 5.57 Å². The van der Waals surface area contributed by atoms with Gasteiger partial charge in [0.1, 0.15) is 0 Å². The molecule has 0 aliphatic rings. The predicted octanol–water partition coefficient (Wildman–Crippen LogP) is 4.87. The Labute approximate surface area is 426 Å². The van der Waals surface area contributed by atoms with Gasteiger partial charge in [-0.05, 0) is 114 Å². The van der Waals surface area contributed by atoms with Crippen LogP contribution >= 0.6 is 0 Å². The Kier molecular flexibility index (Phi) is 80.3. The summed E-state index contributed by atoms with van der Waals surface area (Å²) in [5.74, 6) is -0.935. The van der Waals surface area contributed by atoms with Crippen LogP contribution in [0.1, 0.15) is 220 Å². The summed E-state index contributed by atoms with van der Waals surface area (Å²) in [4.78, 5) is 9.60. The van der Waals surface area contributed by atoms with Gasteiger partial charge >= 0.3 is 5.97 Å². The zero-order valence-corrected chi connectivity index (χ0v) is 47.3. The molecule has 18 nitrogen and oxygen atoms in total. The molecular weight excluding hydrogens is 913 g/mol. The maximum absolute atomic E-state index is 9.60. The fourth-order valence-electron chi connectivity index (χ4n) is 4.30. The molecule has 0 aromatic rings. The van der Waals surface area contributed by atoms with Crippen LogP contribution in [0.5, 0.6) is 0 Å². The summed E-state index contributed by atoms with van der Waals surface area (Å²) < 4.78 is 0. The smallest absolute Gasteiger partial charge is 0.330 e. The monoisotopic (exact) mass is 1030 g/mol. The molecule has 0 aliphatic heterocycles. The maximum Gasteiger partial charge on any atom is 0.330 e. The molecule has 0 rings (SSSR count). The second kappa shape index (κ2) is 63.7. The third kappa shape index (κ3) is 83.4. The van der Waals surface area contributed by atoms with E-state index in [0.717, 1.165) is 51.4 Å². The van der Waals surface area contributed by atoms with Gasteiger partial charge in [-0.3, -0.25) is 0 Å². The minimum absolute atomic E-state index is 0.176. The minimum atomic E-state index is -0.935. The third-order valence-corrected chi connectivity index (χ3v) is 9.50. The highest BCUT2D eigenvalue weighted by Gasteiger charge is 2.12. The van der Waals surface area contributed by atoms with E-state index in [1.807, 2.05) is 55.4 Å². The number of aliphatic hydroxyl groups excluding tert-OH is 16. The van der Waals surface area contributed by atoms with E-state index in [4.69, 9.17) is 86.8 Å². The lowest BCUT2D eigenvalue weighted by atomic mass is 10.1. The molecule has 16 unspecified atom stereocenters. The Morgan fingerprint density at radius 1 is 0.286 bits per heavy atom. The second-order valence-corrected chi connectivity index (χ2v) is 17.9. The van der Waals surface area contributed by atoms with Gasteiger partial charge in [0.05, 0.1) is 97.7 Å². The van der Waals surface area contributed by atoms with Crippen molar-refractivity contribution < 1.29 is 91.6 Å². The highest BCUT2D eigenvalue weighted by Crippen LogP contribution is 2.04. The average molecular weight is 1030 g/mol. The van der Waals surface area contributed by atoms with Crippen molar-refractivity contribution in [2.45, 2.75) is 318 Å². The van der Waals surface area contributed by atoms with Crippen molar-refractivity contribution in [2.75, 3.05) is 0 Å². The number of carboxylic acids is 1. The fraction of sp³-hybridized carbons (Fsp3) is 0.942. The Hall–Kier alpha value is -1.43. The number of hydrogen-bond donors (Lipinski definition) is 17. The van der Waals surface area contributed by atoms with E-state index in [1.165, 1.54) is 6.92 Å². The van der Waals surface area contributed by atoms with E-state index < -0.39 is 104 Å². The molecule has 0 spiro atoms. The van der Waals surface area contributed by atoms with Crippen molar-refractivity contribution in [3.05, 3.63) is 12.2 Å². The number of carboxylic acid groups (broad SMARTS) is 1. The maximum atomic E-state index is 9.60. The van der Waals surface area contributed by atoms with Crippen LogP contribution in [-0.2, 0) is 4.79 Å². The largest absolute Gasteiger partial charge is 0.478 e. The Morgan fingerprint density at radius 3 is 0.371 bits per heavy atom. The summed E-state index contributed by atoms with van der Waals surface area (Å²) in [5.41, 5.74) is 0.176.